The van der Waals surface area contributed by atoms with E-state index in [0.29, 0.717) is 5.41 Å². The van der Waals surface area contributed by atoms with E-state index < -0.39 is 0 Å². The zero-order chi connectivity index (χ0) is 19.1. The van der Waals surface area contributed by atoms with Crippen LogP contribution in [0.4, 0.5) is 0 Å². The summed E-state index contributed by atoms with van der Waals surface area (Å²) < 4.78 is 6.00. The van der Waals surface area contributed by atoms with Gasteiger partial charge in [0.2, 0.25) is 0 Å². The third-order valence-electron chi connectivity index (χ3n) is 5.02. The second kappa shape index (κ2) is 6.61. The number of hydrogen-bond donors (Lipinski definition) is 0. The first-order valence-corrected chi connectivity index (χ1v) is 9.59. The van der Waals surface area contributed by atoms with Gasteiger partial charge in [-0.05, 0) is 46.4 Å². The summed E-state index contributed by atoms with van der Waals surface area (Å²) in [5.41, 5.74) is 8.45. The van der Waals surface area contributed by atoms with E-state index in [4.69, 9.17) is 4.74 Å². The summed E-state index contributed by atoms with van der Waals surface area (Å²) in [6.07, 6.45) is 4.57. The van der Waals surface area contributed by atoms with Crippen molar-refractivity contribution in [2.24, 2.45) is 5.41 Å². The van der Waals surface area contributed by atoms with Gasteiger partial charge in [-0.3, -0.25) is 0 Å². The normalized spacial score (nSPS) is 14.2. The molecule has 1 aliphatic rings. The van der Waals surface area contributed by atoms with Gasteiger partial charge in [-0.2, -0.15) is 0 Å². The van der Waals surface area contributed by atoms with Gasteiger partial charge >= 0.3 is 0 Å². The molecule has 0 spiro atoms. The van der Waals surface area contributed by atoms with Gasteiger partial charge in [-0.25, -0.2) is 0 Å². The van der Waals surface area contributed by atoms with Gasteiger partial charge in [0.15, 0.2) is 0 Å². The van der Waals surface area contributed by atoms with E-state index >= 15 is 0 Å². The van der Waals surface area contributed by atoms with Crippen LogP contribution in [0.5, 0.6) is 5.75 Å². The summed E-state index contributed by atoms with van der Waals surface area (Å²) in [4.78, 5) is 0. The first kappa shape index (κ1) is 18.8. The lowest BCUT2D eigenvalue weighted by molar-refractivity contribution is 0.398. The average molecular weight is 349 g/mol. The predicted octanol–water partition coefficient (Wildman–Crippen LogP) is 7.04. The summed E-state index contributed by atoms with van der Waals surface area (Å²) in [5.74, 6) is 1.04. The lowest BCUT2D eigenvalue weighted by Crippen LogP contribution is -2.14. The summed E-state index contributed by atoms with van der Waals surface area (Å²) in [5, 5.41) is 0. The molecule has 0 N–H and O–H groups in total. The SMILES string of the molecule is COc1c(C(C)(C)C)cc2c(c1-c1ccccc1)CC(CC(C)(C)C)=C2. The molecular formula is C25H32O. The van der Waals surface area contributed by atoms with Crippen LogP contribution in [0.1, 0.15) is 64.7 Å². The minimum absolute atomic E-state index is 0.0323. The van der Waals surface area contributed by atoms with E-state index in [2.05, 4.69) is 84.0 Å². The molecule has 138 valence electrons. The molecule has 0 aliphatic heterocycles. The Morgan fingerprint density at radius 1 is 0.962 bits per heavy atom. The number of ether oxygens (including phenoxy) is 1. The van der Waals surface area contributed by atoms with Crippen LogP contribution >= 0.6 is 0 Å². The highest BCUT2D eigenvalue weighted by Crippen LogP contribution is 2.47. The smallest absolute Gasteiger partial charge is 0.130 e. The maximum Gasteiger partial charge on any atom is 0.130 e. The second-order valence-corrected chi connectivity index (χ2v) is 9.73. The van der Waals surface area contributed by atoms with E-state index in [1.807, 2.05) is 7.11 Å². The van der Waals surface area contributed by atoms with Crippen molar-refractivity contribution in [2.75, 3.05) is 7.11 Å². The van der Waals surface area contributed by atoms with Crippen molar-refractivity contribution in [3.8, 4) is 16.9 Å². The fourth-order valence-electron chi connectivity index (χ4n) is 4.02. The number of fused-ring (bicyclic) bond motifs is 1. The van der Waals surface area contributed by atoms with Gasteiger partial charge in [-0.1, -0.05) is 83.5 Å². The van der Waals surface area contributed by atoms with Crippen LogP contribution in [-0.2, 0) is 11.8 Å². The third-order valence-corrected chi connectivity index (χ3v) is 5.02. The highest BCUT2D eigenvalue weighted by Gasteiger charge is 2.29. The van der Waals surface area contributed by atoms with E-state index in [-0.39, 0.29) is 5.41 Å². The molecule has 0 fully saturated rings. The topological polar surface area (TPSA) is 9.23 Å². The largest absolute Gasteiger partial charge is 0.496 e. The molecule has 0 bridgehead atoms. The minimum atomic E-state index is 0.0323. The molecule has 2 aromatic rings. The molecule has 0 amide bonds. The molecule has 0 unspecified atom stereocenters. The molecule has 0 saturated carbocycles. The van der Waals surface area contributed by atoms with Crippen molar-refractivity contribution in [3.63, 3.8) is 0 Å². The zero-order valence-electron chi connectivity index (χ0n) is 17.4. The van der Waals surface area contributed by atoms with Gasteiger partial charge in [-0.15, -0.1) is 0 Å². The monoisotopic (exact) mass is 348 g/mol. The fraction of sp³-hybridized carbons (Fsp3) is 0.440. The number of benzene rings is 2. The molecule has 2 aromatic carbocycles. The zero-order valence-corrected chi connectivity index (χ0v) is 17.4. The van der Waals surface area contributed by atoms with Crippen molar-refractivity contribution in [1.82, 2.24) is 0 Å². The van der Waals surface area contributed by atoms with E-state index in [1.54, 1.807) is 0 Å². The Hall–Kier alpha value is -2.02. The quantitative estimate of drug-likeness (QED) is 0.578. The predicted molar refractivity (Wildman–Crippen MR) is 113 cm³/mol. The van der Waals surface area contributed by atoms with Crippen molar-refractivity contribution in [3.05, 3.63) is 58.7 Å². The van der Waals surface area contributed by atoms with Gasteiger partial charge in [0, 0.05) is 11.1 Å². The maximum atomic E-state index is 6.00. The van der Waals surface area contributed by atoms with Gasteiger partial charge in [0.1, 0.15) is 5.75 Å². The Morgan fingerprint density at radius 2 is 1.62 bits per heavy atom. The molecule has 0 saturated heterocycles. The standard InChI is InChI=1S/C25H32O/c1-24(2,3)16-17-13-19-15-21(25(4,5)6)23(26-7)22(20(19)14-17)18-11-9-8-10-12-18/h8-13,15H,14,16H2,1-7H3. The number of methoxy groups -OCH3 is 1. The molecule has 1 aliphatic carbocycles. The van der Waals surface area contributed by atoms with Crippen LogP contribution in [0.2, 0.25) is 0 Å². The lowest BCUT2D eigenvalue weighted by atomic mass is 9.81. The summed E-state index contributed by atoms with van der Waals surface area (Å²) in [7, 11) is 1.81. The first-order valence-electron chi connectivity index (χ1n) is 9.59. The van der Waals surface area contributed by atoms with Crippen LogP contribution in [0.3, 0.4) is 0 Å². The molecule has 1 nitrogen and oxygen atoms in total. The van der Waals surface area contributed by atoms with Crippen LogP contribution in [0.15, 0.2) is 42.0 Å². The Morgan fingerprint density at radius 3 is 2.15 bits per heavy atom. The van der Waals surface area contributed by atoms with Crippen molar-refractivity contribution in [1.29, 1.82) is 0 Å². The minimum Gasteiger partial charge on any atom is -0.496 e. The van der Waals surface area contributed by atoms with Gasteiger partial charge in [0.05, 0.1) is 7.11 Å². The van der Waals surface area contributed by atoms with E-state index in [1.165, 1.54) is 33.4 Å². The Balaban J connectivity index is 2.22. The molecule has 0 radical (unpaired) electrons. The highest BCUT2D eigenvalue weighted by atomic mass is 16.5. The number of allylic oxidation sites excluding steroid dienone is 1. The van der Waals surface area contributed by atoms with Crippen molar-refractivity contribution >= 4 is 6.08 Å². The van der Waals surface area contributed by atoms with Crippen molar-refractivity contribution < 1.29 is 4.74 Å². The second-order valence-electron chi connectivity index (χ2n) is 9.73. The molecule has 26 heavy (non-hydrogen) atoms. The molecular weight excluding hydrogens is 316 g/mol. The molecule has 0 heterocycles. The molecule has 0 atom stereocenters. The average Bonchev–Trinajstić information content (AvgIpc) is 2.92. The van der Waals surface area contributed by atoms with Crippen LogP contribution in [-0.4, -0.2) is 7.11 Å². The maximum absolute atomic E-state index is 6.00. The highest BCUT2D eigenvalue weighted by molar-refractivity contribution is 5.83. The van der Waals surface area contributed by atoms with Crippen molar-refractivity contribution in [2.45, 2.75) is 59.8 Å². The fourth-order valence-corrected chi connectivity index (χ4v) is 4.02. The third kappa shape index (κ3) is 3.72. The summed E-state index contributed by atoms with van der Waals surface area (Å²) in [6, 6.07) is 13.1. The van der Waals surface area contributed by atoms with Crippen LogP contribution in [0.25, 0.3) is 17.2 Å². The van der Waals surface area contributed by atoms with Gasteiger partial charge in [0.25, 0.3) is 0 Å². The van der Waals surface area contributed by atoms with Crippen LogP contribution in [0, 0.1) is 5.41 Å². The molecule has 3 rings (SSSR count). The van der Waals surface area contributed by atoms with Gasteiger partial charge < -0.3 is 4.74 Å². The Kier molecular flexibility index (Phi) is 4.77. The Bertz CT molecular complexity index is 827. The van der Waals surface area contributed by atoms with Crippen LogP contribution < -0.4 is 4.74 Å². The number of rotatable bonds is 3. The first-order chi connectivity index (χ1) is 12.1. The van der Waals surface area contributed by atoms with E-state index in [0.717, 1.165) is 18.6 Å². The molecule has 1 heteroatoms. The Labute approximate surface area is 159 Å². The summed E-state index contributed by atoms with van der Waals surface area (Å²) >= 11 is 0. The molecule has 0 aromatic heterocycles. The number of hydrogen-bond acceptors (Lipinski definition) is 1. The summed E-state index contributed by atoms with van der Waals surface area (Å²) in [6.45, 7) is 13.7. The van der Waals surface area contributed by atoms with E-state index in [9.17, 15) is 0 Å². The lowest BCUT2D eigenvalue weighted by Gasteiger charge is -2.26.